The number of hydrogen-bond acceptors (Lipinski definition) is 5. The average Bonchev–Trinajstić information content (AvgIpc) is 2.85. The van der Waals surface area contributed by atoms with Crippen LogP contribution in [0.3, 0.4) is 0 Å². The summed E-state index contributed by atoms with van der Waals surface area (Å²) in [4.78, 5) is 32.4. The number of rotatable bonds is 2. The Morgan fingerprint density at radius 1 is 1.15 bits per heavy atom. The number of piperazine rings is 1. The smallest absolute Gasteiger partial charge is 0.417 e. The standard InChI is InChI=1S/C29H32F4N4O3S/c1-14-12-34-24(27(3,4)5)28(6,37(14)26(39)40)23-18-11-19(29(31,32)33)20(16-7-9-17(30)10-8-16)22-21(18)36(25(38)35-23)15(2)13-41-22/h7-11,14-15,24,34H,12-13H2,1-6H3,(H,39,40)/t14-,15+,24?,28-/m1/s1. The number of carboxylic acid groups (broad SMARTS) is 1. The molecule has 3 aromatic rings. The van der Waals surface area contributed by atoms with Crippen molar-refractivity contribution in [2.75, 3.05) is 12.3 Å². The molecular weight excluding hydrogens is 560 g/mol. The van der Waals surface area contributed by atoms with E-state index in [0.717, 1.165) is 18.2 Å². The van der Waals surface area contributed by atoms with Gasteiger partial charge in [0, 0.05) is 46.3 Å². The van der Waals surface area contributed by atoms with E-state index >= 15 is 0 Å². The zero-order chi connectivity index (χ0) is 30.2. The Kier molecular flexibility index (Phi) is 6.97. The van der Waals surface area contributed by atoms with Gasteiger partial charge in [0.1, 0.15) is 11.4 Å². The number of benzene rings is 2. The Morgan fingerprint density at radius 3 is 2.34 bits per heavy atom. The molecule has 0 radical (unpaired) electrons. The van der Waals surface area contributed by atoms with E-state index in [-0.39, 0.29) is 38.7 Å². The van der Waals surface area contributed by atoms with E-state index < -0.39 is 52.4 Å². The van der Waals surface area contributed by atoms with Crippen LogP contribution in [-0.2, 0) is 11.7 Å². The molecule has 2 aliphatic rings. The van der Waals surface area contributed by atoms with Gasteiger partial charge in [-0.05, 0) is 49.9 Å². The van der Waals surface area contributed by atoms with E-state index in [1.54, 1.807) is 20.8 Å². The number of alkyl halides is 3. The van der Waals surface area contributed by atoms with Crippen molar-refractivity contribution in [3.05, 3.63) is 57.9 Å². The summed E-state index contributed by atoms with van der Waals surface area (Å²) in [7, 11) is 0. The zero-order valence-electron chi connectivity index (χ0n) is 23.6. The summed E-state index contributed by atoms with van der Waals surface area (Å²) in [5.41, 5.74) is -3.45. The molecule has 1 unspecified atom stereocenters. The number of carbonyl (C=O) groups is 1. The molecule has 0 spiro atoms. The average molecular weight is 593 g/mol. The zero-order valence-corrected chi connectivity index (χ0v) is 24.4. The third-order valence-electron chi connectivity index (χ3n) is 8.19. The molecule has 0 bridgehead atoms. The highest BCUT2D eigenvalue weighted by atomic mass is 32.2. The van der Waals surface area contributed by atoms with Crippen molar-refractivity contribution in [1.29, 1.82) is 0 Å². The van der Waals surface area contributed by atoms with Crippen molar-refractivity contribution in [1.82, 2.24) is 19.8 Å². The molecule has 1 saturated heterocycles. The van der Waals surface area contributed by atoms with Gasteiger partial charge in [0.05, 0.1) is 16.8 Å². The van der Waals surface area contributed by atoms with Crippen molar-refractivity contribution >= 4 is 28.8 Å². The minimum atomic E-state index is -4.81. The molecular formula is C29H32F4N4O3S. The molecule has 2 N–H and O–H groups in total. The molecule has 5 rings (SSSR count). The minimum absolute atomic E-state index is 0.0257. The van der Waals surface area contributed by atoms with Crippen molar-refractivity contribution in [2.45, 2.75) is 76.3 Å². The van der Waals surface area contributed by atoms with Crippen molar-refractivity contribution in [2.24, 2.45) is 5.41 Å². The van der Waals surface area contributed by atoms with Crippen LogP contribution < -0.4 is 11.0 Å². The van der Waals surface area contributed by atoms with E-state index in [0.29, 0.717) is 12.3 Å². The van der Waals surface area contributed by atoms with Gasteiger partial charge >= 0.3 is 18.0 Å². The number of nitrogens with one attached hydrogen (secondary N) is 1. The second-order valence-corrected chi connectivity index (χ2v) is 13.2. The largest absolute Gasteiger partial charge is 0.465 e. The lowest BCUT2D eigenvalue weighted by atomic mass is 9.69. The van der Waals surface area contributed by atoms with Crippen molar-refractivity contribution in [3.8, 4) is 11.1 Å². The van der Waals surface area contributed by atoms with Gasteiger partial charge < -0.3 is 10.4 Å². The topological polar surface area (TPSA) is 87.5 Å². The van der Waals surface area contributed by atoms with Crippen LogP contribution in [0.1, 0.15) is 58.8 Å². The normalized spacial score (nSPS) is 25.0. The molecule has 2 aliphatic heterocycles. The Hall–Kier alpha value is -3.12. The molecule has 0 aliphatic carbocycles. The van der Waals surface area contributed by atoms with Crippen LogP contribution >= 0.6 is 11.8 Å². The van der Waals surface area contributed by atoms with E-state index in [9.17, 15) is 32.3 Å². The van der Waals surface area contributed by atoms with Crippen LogP contribution in [0.5, 0.6) is 0 Å². The molecule has 2 aromatic carbocycles. The Bertz CT molecular complexity index is 1600. The fourth-order valence-electron chi connectivity index (χ4n) is 6.68. The van der Waals surface area contributed by atoms with Gasteiger partial charge in [-0.2, -0.15) is 18.2 Å². The van der Waals surface area contributed by atoms with Gasteiger partial charge in [0.15, 0.2) is 0 Å². The van der Waals surface area contributed by atoms with E-state index in [2.05, 4.69) is 10.3 Å². The Balaban J connectivity index is 1.99. The van der Waals surface area contributed by atoms with E-state index in [4.69, 9.17) is 0 Å². The first-order valence-electron chi connectivity index (χ1n) is 13.3. The Morgan fingerprint density at radius 2 is 1.78 bits per heavy atom. The van der Waals surface area contributed by atoms with Gasteiger partial charge in [-0.1, -0.05) is 32.9 Å². The second-order valence-electron chi connectivity index (χ2n) is 12.2. The highest BCUT2D eigenvalue weighted by Crippen LogP contribution is 2.51. The van der Waals surface area contributed by atoms with Crippen LogP contribution in [0.2, 0.25) is 0 Å². The Labute approximate surface area is 238 Å². The SMILES string of the molecule is C[C@@H]1CNC(C(C)(C)C)[C@@](C)(c2nc(=O)n3c4c(c(-c5ccc(F)cc5)c(C(F)(F)F)cc24)SC[C@@H]3C)N1C(=O)O. The number of hydrogen-bond donors (Lipinski definition) is 2. The predicted molar refractivity (Wildman–Crippen MR) is 150 cm³/mol. The maximum absolute atomic E-state index is 14.8. The van der Waals surface area contributed by atoms with Crippen molar-refractivity contribution < 1.29 is 27.5 Å². The highest BCUT2D eigenvalue weighted by molar-refractivity contribution is 7.99. The molecule has 41 heavy (non-hydrogen) atoms. The highest BCUT2D eigenvalue weighted by Gasteiger charge is 2.55. The predicted octanol–water partition coefficient (Wildman–Crippen LogP) is 6.49. The first-order chi connectivity index (χ1) is 19.0. The van der Waals surface area contributed by atoms with Crippen molar-refractivity contribution in [3.63, 3.8) is 0 Å². The molecule has 4 atom stereocenters. The maximum Gasteiger partial charge on any atom is 0.417 e. The van der Waals surface area contributed by atoms with Crippen LogP contribution in [0.4, 0.5) is 22.4 Å². The summed E-state index contributed by atoms with van der Waals surface area (Å²) in [6, 6.07) is 4.23. The van der Waals surface area contributed by atoms with Gasteiger partial charge in [-0.3, -0.25) is 9.47 Å². The third-order valence-corrected chi connectivity index (χ3v) is 9.52. The number of halogens is 4. The molecule has 0 saturated carbocycles. The van der Waals surface area contributed by atoms with Crippen LogP contribution in [0, 0.1) is 11.2 Å². The van der Waals surface area contributed by atoms with Gasteiger partial charge in [0.2, 0.25) is 0 Å². The summed E-state index contributed by atoms with van der Waals surface area (Å²) in [5.74, 6) is -0.268. The lowest BCUT2D eigenvalue weighted by molar-refractivity contribution is -0.137. The fraction of sp³-hybridized carbons (Fsp3) is 0.483. The lowest BCUT2D eigenvalue weighted by Crippen LogP contribution is -2.71. The number of amides is 1. The van der Waals surface area contributed by atoms with Gasteiger partial charge in [-0.15, -0.1) is 11.8 Å². The molecule has 3 heterocycles. The summed E-state index contributed by atoms with van der Waals surface area (Å²) < 4.78 is 59.7. The quantitative estimate of drug-likeness (QED) is 0.331. The lowest BCUT2D eigenvalue weighted by Gasteiger charge is -2.56. The summed E-state index contributed by atoms with van der Waals surface area (Å²) in [5, 5.41) is 13.9. The molecule has 7 nitrogen and oxygen atoms in total. The van der Waals surface area contributed by atoms with Crippen LogP contribution in [0.25, 0.3) is 22.0 Å². The first-order valence-corrected chi connectivity index (χ1v) is 14.3. The van der Waals surface area contributed by atoms with E-state index in [1.165, 1.54) is 33.4 Å². The maximum atomic E-state index is 14.8. The van der Waals surface area contributed by atoms with Crippen LogP contribution in [0.15, 0.2) is 40.0 Å². The monoisotopic (exact) mass is 592 g/mol. The number of aromatic nitrogens is 2. The van der Waals surface area contributed by atoms with E-state index in [1.807, 2.05) is 20.8 Å². The summed E-state index contributed by atoms with van der Waals surface area (Å²) >= 11 is 1.20. The molecule has 220 valence electrons. The summed E-state index contributed by atoms with van der Waals surface area (Å²) in [6.07, 6.45) is -6.07. The first kappa shape index (κ1) is 29.4. The molecule has 12 heteroatoms. The molecule has 1 fully saturated rings. The second kappa shape index (κ2) is 9.72. The summed E-state index contributed by atoms with van der Waals surface area (Å²) in [6.45, 7) is 11.2. The molecule has 1 amide bonds. The van der Waals surface area contributed by atoms with Crippen LogP contribution in [-0.4, -0.2) is 50.0 Å². The van der Waals surface area contributed by atoms with Gasteiger partial charge in [-0.25, -0.2) is 14.0 Å². The molecule has 1 aromatic heterocycles. The number of thioether (sulfide) groups is 1. The minimum Gasteiger partial charge on any atom is -0.465 e. The number of nitrogens with zero attached hydrogens (tertiary/aromatic N) is 3. The fourth-order valence-corrected chi connectivity index (χ4v) is 7.95. The van der Waals surface area contributed by atoms with Gasteiger partial charge in [0.25, 0.3) is 0 Å². The third kappa shape index (κ3) is 4.59.